The van der Waals surface area contributed by atoms with Crippen molar-refractivity contribution in [2.24, 2.45) is 5.73 Å². The summed E-state index contributed by atoms with van der Waals surface area (Å²) in [4.78, 5) is 0. The summed E-state index contributed by atoms with van der Waals surface area (Å²) in [6.45, 7) is 7.81. The number of para-hydroxylation sites is 1. The monoisotopic (exact) mass is 260 g/mol. The molecule has 0 saturated carbocycles. The number of nitrogens with zero attached hydrogens (tertiary/aromatic N) is 1. The van der Waals surface area contributed by atoms with Crippen LogP contribution in [0.4, 0.5) is 0 Å². The lowest BCUT2D eigenvalue weighted by atomic mass is 10.0. The summed E-state index contributed by atoms with van der Waals surface area (Å²) in [5.41, 5.74) is 8.56. The van der Waals surface area contributed by atoms with Gasteiger partial charge in [-0.3, -0.25) is 0 Å². The minimum absolute atomic E-state index is 0.181. The fraction of sp³-hybridized carbons (Fsp3) is 0.500. The highest BCUT2D eigenvalue weighted by Crippen LogP contribution is 2.21. The van der Waals surface area contributed by atoms with Crippen LogP contribution < -0.4 is 5.73 Å². The fourth-order valence-corrected chi connectivity index (χ4v) is 2.43. The van der Waals surface area contributed by atoms with E-state index in [2.05, 4.69) is 48.9 Å². The molecule has 3 heteroatoms. The molecular formula is C16H24N2O. The Labute approximate surface area is 115 Å². The molecule has 2 rings (SSSR count). The maximum absolute atomic E-state index is 5.94. The molecule has 0 radical (unpaired) electrons. The molecule has 0 aliphatic heterocycles. The number of hydrogen-bond donors (Lipinski definition) is 1. The van der Waals surface area contributed by atoms with Gasteiger partial charge in [0.15, 0.2) is 0 Å². The summed E-state index contributed by atoms with van der Waals surface area (Å²) in [6.07, 6.45) is 3.33. The number of rotatable bonds is 6. The normalized spacial score (nSPS) is 13.3. The van der Waals surface area contributed by atoms with Crippen LogP contribution in [0.15, 0.2) is 30.5 Å². The summed E-state index contributed by atoms with van der Waals surface area (Å²) in [7, 11) is 0. The van der Waals surface area contributed by atoms with Gasteiger partial charge in [0.05, 0.1) is 18.2 Å². The van der Waals surface area contributed by atoms with Crippen molar-refractivity contribution in [3.63, 3.8) is 0 Å². The van der Waals surface area contributed by atoms with Gasteiger partial charge in [0.1, 0.15) is 0 Å². The van der Waals surface area contributed by atoms with E-state index in [9.17, 15) is 0 Å². The Morgan fingerprint density at radius 2 is 2.00 bits per heavy atom. The van der Waals surface area contributed by atoms with Crippen LogP contribution >= 0.6 is 0 Å². The highest BCUT2D eigenvalue weighted by molar-refractivity contribution is 5.83. The van der Waals surface area contributed by atoms with Crippen LogP contribution in [0.3, 0.4) is 0 Å². The smallest absolute Gasteiger partial charge is 0.0649 e. The average Bonchev–Trinajstić information content (AvgIpc) is 2.72. The number of benzene rings is 1. The molecule has 104 valence electrons. The van der Waals surface area contributed by atoms with E-state index in [4.69, 9.17) is 10.5 Å². The van der Waals surface area contributed by atoms with Crippen molar-refractivity contribution in [3.05, 3.63) is 36.0 Å². The van der Waals surface area contributed by atoms with Crippen LogP contribution in [0.2, 0.25) is 0 Å². The van der Waals surface area contributed by atoms with Crippen LogP contribution in [0.1, 0.15) is 26.3 Å². The average molecular weight is 260 g/mol. The van der Waals surface area contributed by atoms with E-state index >= 15 is 0 Å². The summed E-state index contributed by atoms with van der Waals surface area (Å²) in [6, 6.07) is 8.77. The third-order valence-electron chi connectivity index (χ3n) is 3.20. The van der Waals surface area contributed by atoms with Crippen LogP contribution in [0.5, 0.6) is 0 Å². The number of aromatic nitrogens is 1. The van der Waals surface area contributed by atoms with E-state index in [-0.39, 0.29) is 12.1 Å². The molecule has 0 amide bonds. The third-order valence-corrected chi connectivity index (χ3v) is 3.20. The first kappa shape index (κ1) is 14.1. The van der Waals surface area contributed by atoms with Gasteiger partial charge < -0.3 is 15.0 Å². The molecule has 0 fully saturated rings. The minimum Gasteiger partial charge on any atom is -0.377 e. The van der Waals surface area contributed by atoms with Crippen molar-refractivity contribution in [1.29, 1.82) is 0 Å². The van der Waals surface area contributed by atoms with Gasteiger partial charge >= 0.3 is 0 Å². The summed E-state index contributed by atoms with van der Waals surface area (Å²) in [5.74, 6) is 0. The SMILES string of the molecule is CC(N)Cc1cccc2ccn(CCOC(C)C)c12. The first-order valence-electron chi connectivity index (χ1n) is 7.02. The number of fused-ring (bicyclic) bond motifs is 1. The van der Waals surface area contributed by atoms with E-state index in [1.165, 1.54) is 16.5 Å². The zero-order valence-electron chi connectivity index (χ0n) is 12.1. The number of nitrogens with two attached hydrogens (primary N) is 1. The first-order valence-corrected chi connectivity index (χ1v) is 7.02. The predicted octanol–water partition coefficient (Wildman–Crippen LogP) is 2.96. The quantitative estimate of drug-likeness (QED) is 0.867. The molecule has 0 bridgehead atoms. The fourth-order valence-electron chi connectivity index (χ4n) is 2.43. The molecule has 0 spiro atoms. The Hall–Kier alpha value is -1.32. The highest BCUT2D eigenvalue weighted by atomic mass is 16.5. The van der Waals surface area contributed by atoms with Crippen LogP contribution in [-0.2, 0) is 17.7 Å². The van der Waals surface area contributed by atoms with Gasteiger partial charge in [-0.15, -0.1) is 0 Å². The van der Waals surface area contributed by atoms with Gasteiger partial charge in [-0.05, 0) is 44.2 Å². The Morgan fingerprint density at radius 3 is 2.68 bits per heavy atom. The van der Waals surface area contributed by atoms with Crippen molar-refractivity contribution in [2.75, 3.05) is 6.61 Å². The summed E-state index contributed by atoms with van der Waals surface area (Å²) >= 11 is 0. The summed E-state index contributed by atoms with van der Waals surface area (Å²) < 4.78 is 7.91. The minimum atomic E-state index is 0.181. The van der Waals surface area contributed by atoms with Gasteiger partial charge in [0.2, 0.25) is 0 Å². The second-order valence-corrected chi connectivity index (χ2v) is 5.47. The molecule has 1 heterocycles. The molecule has 0 saturated heterocycles. The molecule has 1 aromatic carbocycles. The molecule has 19 heavy (non-hydrogen) atoms. The van der Waals surface area contributed by atoms with Crippen molar-refractivity contribution in [1.82, 2.24) is 4.57 Å². The molecule has 2 N–H and O–H groups in total. The van der Waals surface area contributed by atoms with E-state index in [1.807, 2.05) is 6.92 Å². The van der Waals surface area contributed by atoms with E-state index in [0.717, 1.165) is 19.6 Å². The highest BCUT2D eigenvalue weighted by Gasteiger charge is 2.08. The second kappa shape index (κ2) is 6.22. The zero-order valence-corrected chi connectivity index (χ0v) is 12.1. The molecule has 0 aliphatic carbocycles. The van der Waals surface area contributed by atoms with Crippen molar-refractivity contribution in [2.45, 2.75) is 45.9 Å². The Morgan fingerprint density at radius 1 is 1.21 bits per heavy atom. The summed E-state index contributed by atoms with van der Waals surface area (Å²) in [5, 5.41) is 1.28. The Balaban J connectivity index is 2.23. The van der Waals surface area contributed by atoms with Gasteiger partial charge in [-0.1, -0.05) is 18.2 Å². The van der Waals surface area contributed by atoms with Crippen molar-refractivity contribution >= 4 is 10.9 Å². The lowest BCUT2D eigenvalue weighted by Gasteiger charge is -2.13. The Bertz CT molecular complexity index is 529. The second-order valence-electron chi connectivity index (χ2n) is 5.47. The van der Waals surface area contributed by atoms with E-state index in [0.29, 0.717) is 0 Å². The molecule has 1 aromatic heterocycles. The van der Waals surface area contributed by atoms with Gasteiger partial charge in [0.25, 0.3) is 0 Å². The zero-order chi connectivity index (χ0) is 13.8. The van der Waals surface area contributed by atoms with Gasteiger partial charge in [0, 0.05) is 18.8 Å². The molecule has 1 unspecified atom stereocenters. The first-order chi connectivity index (χ1) is 9.08. The molecule has 1 atom stereocenters. The maximum atomic E-state index is 5.94. The Kier molecular flexibility index (Phi) is 4.61. The topological polar surface area (TPSA) is 40.2 Å². The third kappa shape index (κ3) is 3.58. The number of hydrogen-bond acceptors (Lipinski definition) is 2. The molecule has 2 aromatic rings. The largest absolute Gasteiger partial charge is 0.377 e. The van der Waals surface area contributed by atoms with Gasteiger partial charge in [-0.25, -0.2) is 0 Å². The van der Waals surface area contributed by atoms with E-state index in [1.54, 1.807) is 0 Å². The maximum Gasteiger partial charge on any atom is 0.0649 e. The van der Waals surface area contributed by atoms with Crippen LogP contribution in [0, 0.1) is 0 Å². The van der Waals surface area contributed by atoms with Crippen molar-refractivity contribution < 1.29 is 4.74 Å². The molecule has 3 nitrogen and oxygen atoms in total. The van der Waals surface area contributed by atoms with Crippen LogP contribution in [0.25, 0.3) is 10.9 Å². The van der Waals surface area contributed by atoms with Crippen molar-refractivity contribution in [3.8, 4) is 0 Å². The van der Waals surface area contributed by atoms with Crippen LogP contribution in [-0.4, -0.2) is 23.3 Å². The lowest BCUT2D eigenvalue weighted by Crippen LogP contribution is -2.18. The van der Waals surface area contributed by atoms with E-state index < -0.39 is 0 Å². The molecule has 0 aliphatic rings. The standard InChI is InChI=1S/C16H24N2O/c1-12(2)19-10-9-18-8-7-14-5-4-6-15(16(14)18)11-13(3)17/h4-8,12-13H,9-11,17H2,1-3H3. The number of ether oxygens (including phenoxy) is 1. The van der Waals surface area contributed by atoms with Gasteiger partial charge in [-0.2, -0.15) is 0 Å². The molecular weight excluding hydrogens is 236 g/mol. The predicted molar refractivity (Wildman–Crippen MR) is 80.4 cm³/mol. The lowest BCUT2D eigenvalue weighted by molar-refractivity contribution is 0.0733.